The van der Waals surface area contributed by atoms with Crippen molar-refractivity contribution in [2.45, 2.75) is 24.1 Å². The number of hydrogen-bond donors (Lipinski definition) is 1. The highest BCUT2D eigenvalue weighted by Gasteiger charge is 2.20. The Hall–Kier alpha value is -2.01. The molecule has 0 aliphatic carbocycles. The summed E-state index contributed by atoms with van der Waals surface area (Å²) in [5.74, 6) is 0.931. The Balaban J connectivity index is 1.60. The molecule has 0 unspecified atom stereocenters. The van der Waals surface area contributed by atoms with Crippen LogP contribution in [0.1, 0.15) is 16.3 Å². The number of amides is 1. The smallest absolute Gasteiger partial charge is 0.252 e. The van der Waals surface area contributed by atoms with Crippen LogP contribution >= 0.6 is 22.7 Å². The van der Waals surface area contributed by atoms with Crippen molar-refractivity contribution in [3.05, 3.63) is 46.0 Å². The predicted octanol–water partition coefficient (Wildman–Crippen LogP) is 2.88. The first-order valence-electron chi connectivity index (χ1n) is 8.05. The quantitative estimate of drug-likeness (QED) is 0.628. The Morgan fingerprint density at radius 1 is 1.30 bits per heavy atom. The van der Waals surface area contributed by atoms with E-state index < -0.39 is 10.0 Å². The number of oxazole rings is 1. The van der Waals surface area contributed by atoms with Crippen LogP contribution < -0.4 is 5.32 Å². The minimum atomic E-state index is -3.45. The van der Waals surface area contributed by atoms with Crippen molar-refractivity contribution in [1.82, 2.24) is 14.6 Å². The van der Waals surface area contributed by atoms with Crippen LogP contribution in [0.2, 0.25) is 0 Å². The lowest BCUT2D eigenvalue weighted by Gasteiger charge is -2.08. The number of rotatable bonds is 7. The summed E-state index contributed by atoms with van der Waals surface area (Å²) in [5.41, 5.74) is 0.595. The molecule has 0 bridgehead atoms. The molecule has 1 N–H and O–H groups in total. The van der Waals surface area contributed by atoms with Gasteiger partial charge in [-0.2, -0.15) is 0 Å². The number of carbonyl (C=O) groups excluding carboxylic acids is 1. The molecule has 3 rings (SSSR count). The lowest BCUT2D eigenvalue weighted by molar-refractivity contribution is -0.120. The molecular formula is C17H19N3O4S3. The highest BCUT2D eigenvalue weighted by atomic mass is 32.2. The first-order valence-corrected chi connectivity index (χ1v) is 11.2. The Kier molecular flexibility index (Phi) is 5.80. The van der Waals surface area contributed by atoms with E-state index in [0.717, 1.165) is 21.1 Å². The summed E-state index contributed by atoms with van der Waals surface area (Å²) in [5, 5.41) is 4.73. The van der Waals surface area contributed by atoms with Gasteiger partial charge in [0.15, 0.2) is 0 Å². The highest BCUT2D eigenvalue weighted by Crippen LogP contribution is 2.26. The molecule has 144 valence electrons. The Morgan fingerprint density at radius 3 is 2.74 bits per heavy atom. The zero-order valence-electron chi connectivity index (χ0n) is 15.1. The molecule has 0 saturated carbocycles. The van der Waals surface area contributed by atoms with Crippen molar-refractivity contribution in [2.75, 3.05) is 14.1 Å². The van der Waals surface area contributed by atoms with Gasteiger partial charge in [0.2, 0.25) is 11.8 Å². The van der Waals surface area contributed by atoms with Crippen LogP contribution in [0.15, 0.2) is 38.3 Å². The average molecular weight is 426 g/mol. The van der Waals surface area contributed by atoms with Crippen LogP contribution in [0.3, 0.4) is 0 Å². The number of nitrogens with zero attached hydrogens (tertiary/aromatic N) is 2. The molecule has 27 heavy (non-hydrogen) atoms. The van der Waals surface area contributed by atoms with Gasteiger partial charge in [0, 0.05) is 19.0 Å². The molecule has 0 aromatic carbocycles. The van der Waals surface area contributed by atoms with E-state index in [1.165, 1.54) is 29.7 Å². The summed E-state index contributed by atoms with van der Waals surface area (Å²) < 4.78 is 31.2. The van der Waals surface area contributed by atoms with Crippen LogP contribution in [0.4, 0.5) is 0 Å². The Labute approximate surface area is 165 Å². The molecule has 3 heterocycles. The van der Waals surface area contributed by atoms with E-state index in [9.17, 15) is 13.2 Å². The van der Waals surface area contributed by atoms with E-state index in [1.807, 2.05) is 17.5 Å². The van der Waals surface area contributed by atoms with Gasteiger partial charge in [0.05, 0.1) is 23.5 Å². The molecule has 7 nitrogen and oxygen atoms in total. The molecule has 0 radical (unpaired) electrons. The van der Waals surface area contributed by atoms with Crippen LogP contribution in [0, 0.1) is 6.92 Å². The van der Waals surface area contributed by atoms with Gasteiger partial charge in [0.1, 0.15) is 9.97 Å². The summed E-state index contributed by atoms with van der Waals surface area (Å²) in [7, 11) is -0.475. The lowest BCUT2D eigenvalue weighted by atomic mass is 10.2. The van der Waals surface area contributed by atoms with Crippen LogP contribution in [0.5, 0.6) is 0 Å². The Bertz CT molecular complexity index is 1030. The minimum Gasteiger partial charge on any atom is -0.440 e. The SMILES string of the molecule is Cc1oc(-c2cccs2)nc1CC(=O)NCc1ccc(S(=O)(=O)N(C)C)s1. The van der Waals surface area contributed by atoms with E-state index in [0.29, 0.717) is 17.3 Å². The van der Waals surface area contributed by atoms with E-state index in [2.05, 4.69) is 10.3 Å². The number of nitrogens with one attached hydrogen (secondary N) is 1. The van der Waals surface area contributed by atoms with E-state index in [1.54, 1.807) is 19.1 Å². The number of aromatic nitrogens is 1. The molecule has 10 heteroatoms. The molecule has 3 aromatic heterocycles. The second kappa shape index (κ2) is 7.93. The standard InChI is InChI=1S/C17H19N3O4S3/c1-11-13(19-17(24-11)14-5-4-8-25-14)9-15(21)18-10-12-6-7-16(26-12)27(22,23)20(2)3/h4-8H,9-10H2,1-3H3,(H,18,21). The molecule has 0 spiro atoms. The maximum absolute atomic E-state index is 12.2. The van der Waals surface area contributed by atoms with Crippen molar-refractivity contribution in [2.24, 2.45) is 0 Å². The van der Waals surface area contributed by atoms with Gasteiger partial charge in [-0.1, -0.05) is 6.07 Å². The van der Waals surface area contributed by atoms with Gasteiger partial charge < -0.3 is 9.73 Å². The summed E-state index contributed by atoms with van der Waals surface area (Å²) >= 11 is 2.67. The summed E-state index contributed by atoms with van der Waals surface area (Å²) in [4.78, 5) is 18.3. The molecular weight excluding hydrogens is 406 g/mol. The third-order valence-corrected chi connectivity index (χ3v) is 8.01. The number of thiophene rings is 2. The van der Waals surface area contributed by atoms with E-state index in [4.69, 9.17) is 4.42 Å². The number of carbonyl (C=O) groups is 1. The first kappa shape index (κ1) is 19.7. The average Bonchev–Trinajstić information content (AvgIpc) is 3.34. The third-order valence-electron chi connectivity index (χ3n) is 3.78. The molecule has 0 saturated heterocycles. The second-order valence-electron chi connectivity index (χ2n) is 5.96. The minimum absolute atomic E-state index is 0.106. The Morgan fingerprint density at radius 2 is 2.07 bits per heavy atom. The van der Waals surface area contributed by atoms with Crippen molar-refractivity contribution in [3.8, 4) is 10.8 Å². The topological polar surface area (TPSA) is 92.5 Å². The fourth-order valence-electron chi connectivity index (χ4n) is 2.27. The lowest BCUT2D eigenvalue weighted by Crippen LogP contribution is -2.24. The monoisotopic (exact) mass is 425 g/mol. The van der Waals surface area contributed by atoms with Gasteiger partial charge in [-0.05, 0) is 30.5 Å². The number of aryl methyl sites for hydroxylation is 1. The maximum atomic E-state index is 12.2. The summed E-state index contributed by atoms with van der Waals surface area (Å²) in [6.07, 6.45) is 0.106. The van der Waals surface area contributed by atoms with Crippen molar-refractivity contribution < 1.29 is 17.6 Å². The summed E-state index contributed by atoms with van der Waals surface area (Å²) in [6, 6.07) is 7.09. The van der Waals surface area contributed by atoms with Crippen LogP contribution in [-0.2, 0) is 27.8 Å². The highest BCUT2D eigenvalue weighted by molar-refractivity contribution is 7.91. The fourth-order valence-corrected chi connectivity index (χ4v) is 5.38. The predicted molar refractivity (Wildman–Crippen MR) is 105 cm³/mol. The second-order valence-corrected chi connectivity index (χ2v) is 10.5. The van der Waals surface area contributed by atoms with Crippen LogP contribution in [-0.4, -0.2) is 37.7 Å². The first-order chi connectivity index (χ1) is 12.8. The van der Waals surface area contributed by atoms with Gasteiger partial charge in [-0.25, -0.2) is 17.7 Å². The zero-order chi connectivity index (χ0) is 19.6. The number of hydrogen-bond acceptors (Lipinski definition) is 7. The molecule has 0 fully saturated rings. The molecule has 0 aliphatic heterocycles. The summed E-state index contributed by atoms with van der Waals surface area (Å²) in [6.45, 7) is 2.05. The van der Waals surface area contributed by atoms with E-state index >= 15 is 0 Å². The van der Waals surface area contributed by atoms with Crippen molar-refractivity contribution >= 4 is 38.6 Å². The molecule has 0 atom stereocenters. The number of sulfonamides is 1. The molecule has 1 amide bonds. The fraction of sp³-hybridized carbons (Fsp3) is 0.294. The maximum Gasteiger partial charge on any atom is 0.252 e. The van der Waals surface area contributed by atoms with E-state index in [-0.39, 0.29) is 23.1 Å². The molecule has 0 aliphatic rings. The van der Waals surface area contributed by atoms with Crippen molar-refractivity contribution in [3.63, 3.8) is 0 Å². The normalized spacial score (nSPS) is 11.9. The van der Waals surface area contributed by atoms with Gasteiger partial charge in [0.25, 0.3) is 10.0 Å². The molecule has 3 aromatic rings. The largest absolute Gasteiger partial charge is 0.440 e. The zero-order valence-corrected chi connectivity index (χ0v) is 17.5. The van der Waals surface area contributed by atoms with Crippen molar-refractivity contribution in [1.29, 1.82) is 0 Å². The third kappa shape index (κ3) is 4.46. The van der Waals surface area contributed by atoms with Crippen LogP contribution in [0.25, 0.3) is 10.8 Å². The van der Waals surface area contributed by atoms with Gasteiger partial charge in [-0.15, -0.1) is 22.7 Å². The van der Waals surface area contributed by atoms with Gasteiger partial charge in [-0.3, -0.25) is 4.79 Å². The van der Waals surface area contributed by atoms with Gasteiger partial charge >= 0.3 is 0 Å².